The summed E-state index contributed by atoms with van der Waals surface area (Å²) in [6.45, 7) is 1.17. The molecule has 1 aliphatic rings. The van der Waals surface area contributed by atoms with Crippen LogP contribution in [0.4, 0.5) is 0 Å². The first-order chi connectivity index (χ1) is 11.7. The molecule has 0 radical (unpaired) electrons. The van der Waals surface area contributed by atoms with Crippen LogP contribution in [0.1, 0.15) is 17.2 Å². The molecule has 3 rings (SSSR count). The minimum atomic E-state index is -0.656. The van der Waals surface area contributed by atoms with Gasteiger partial charge in [-0.1, -0.05) is 18.2 Å². The quantitative estimate of drug-likeness (QED) is 0.811. The van der Waals surface area contributed by atoms with Crippen LogP contribution in [0.3, 0.4) is 0 Å². The Kier molecular flexibility index (Phi) is 5.08. The molecule has 2 aromatic rings. The second-order valence-electron chi connectivity index (χ2n) is 5.42. The van der Waals surface area contributed by atoms with E-state index in [4.69, 9.17) is 18.9 Å². The predicted octanol–water partition coefficient (Wildman–Crippen LogP) is 2.26. The lowest BCUT2D eigenvalue weighted by molar-refractivity contribution is 0.170. The van der Waals surface area contributed by atoms with Crippen molar-refractivity contribution >= 4 is 0 Å². The number of hydrogen-bond donors (Lipinski definition) is 2. The summed E-state index contributed by atoms with van der Waals surface area (Å²) < 4.78 is 21.4. The summed E-state index contributed by atoms with van der Waals surface area (Å²) in [4.78, 5) is 0. The van der Waals surface area contributed by atoms with E-state index in [9.17, 15) is 5.11 Å². The van der Waals surface area contributed by atoms with Crippen molar-refractivity contribution in [2.75, 3.05) is 27.6 Å². The van der Waals surface area contributed by atoms with E-state index in [2.05, 4.69) is 5.32 Å². The van der Waals surface area contributed by atoms with E-state index in [0.29, 0.717) is 36.1 Å². The zero-order valence-corrected chi connectivity index (χ0v) is 13.7. The molecule has 0 amide bonds. The predicted molar refractivity (Wildman–Crippen MR) is 88.8 cm³/mol. The molecule has 0 aliphatic carbocycles. The molecule has 24 heavy (non-hydrogen) atoms. The van der Waals surface area contributed by atoms with Crippen molar-refractivity contribution in [1.82, 2.24) is 5.32 Å². The highest BCUT2D eigenvalue weighted by Gasteiger charge is 2.20. The number of fused-ring (bicyclic) bond motifs is 1. The molecular weight excluding hydrogens is 310 g/mol. The van der Waals surface area contributed by atoms with Gasteiger partial charge >= 0.3 is 0 Å². The van der Waals surface area contributed by atoms with Crippen LogP contribution in [0.25, 0.3) is 0 Å². The monoisotopic (exact) mass is 331 g/mol. The van der Waals surface area contributed by atoms with Gasteiger partial charge in [0.1, 0.15) is 5.75 Å². The van der Waals surface area contributed by atoms with Crippen LogP contribution in [0.15, 0.2) is 36.4 Å². The van der Waals surface area contributed by atoms with E-state index in [1.807, 2.05) is 36.4 Å². The minimum absolute atomic E-state index is 0.203. The molecule has 128 valence electrons. The molecule has 6 nitrogen and oxygen atoms in total. The van der Waals surface area contributed by atoms with E-state index in [0.717, 1.165) is 11.1 Å². The highest BCUT2D eigenvalue weighted by Crippen LogP contribution is 2.41. The summed E-state index contributed by atoms with van der Waals surface area (Å²) in [6, 6.07) is 11.3. The van der Waals surface area contributed by atoms with Gasteiger partial charge < -0.3 is 29.4 Å². The van der Waals surface area contributed by atoms with Gasteiger partial charge in [-0.15, -0.1) is 0 Å². The van der Waals surface area contributed by atoms with Crippen LogP contribution < -0.4 is 24.3 Å². The minimum Gasteiger partial charge on any atom is -0.496 e. The van der Waals surface area contributed by atoms with E-state index >= 15 is 0 Å². The summed E-state index contributed by atoms with van der Waals surface area (Å²) >= 11 is 0. The van der Waals surface area contributed by atoms with E-state index < -0.39 is 6.10 Å². The Labute approximate surface area is 140 Å². The molecule has 0 saturated carbocycles. The Morgan fingerprint density at radius 2 is 1.92 bits per heavy atom. The first-order valence-electron chi connectivity index (χ1n) is 7.71. The van der Waals surface area contributed by atoms with E-state index in [1.165, 1.54) is 0 Å². The second kappa shape index (κ2) is 7.42. The number of hydrogen-bond acceptors (Lipinski definition) is 6. The molecule has 1 aliphatic heterocycles. The maximum absolute atomic E-state index is 10.4. The molecular formula is C18H21NO5. The molecule has 2 N–H and O–H groups in total. The average Bonchev–Trinajstić information content (AvgIpc) is 3.09. The zero-order chi connectivity index (χ0) is 16.9. The lowest BCUT2D eigenvalue weighted by Gasteiger charge is -2.15. The highest BCUT2D eigenvalue weighted by atomic mass is 16.7. The SMILES string of the molecule is COc1ccccc1[C@@H](O)CNCc1cc(OC)c2c(c1)OCO2. The van der Waals surface area contributed by atoms with Crippen molar-refractivity contribution < 1.29 is 24.1 Å². The molecule has 0 fully saturated rings. The van der Waals surface area contributed by atoms with Crippen LogP contribution >= 0.6 is 0 Å². The third kappa shape index (κ3) is 3.39. The summed E-state index contributed by atoms with van der Waals surface area (Å²) in [5.41, 5.74) is 1.75. The topological polar surface area (TPSA) is 69.2 Å². The van der Waals surface area contributed by atoms with Crippen LogP contribution in [-0.2, 0) is 6.54 Å². The van der Waals surface area contributed by atoms with Gasteiger partial charge in [-0.2, -0.15) is 0 Å². The van der Waals surface area contributed by atoms with Gasteiger partial charge in [-0.3, -0.25) is 0 Å². The number of nitrogens with one attached hydrogen (secondary N) is 1. The normalized spacial score (nSPS) is 13.6. The van der Waals surface area contributed by atoms with Gasteiger partial charge in [0.25, 0.3) is 0 Å². The summed E-state index contributed by atoms with van der Waals surface area (Å²) in [7, 11) is 3.19. The maximum atomic E-state index is 10.4. The Balaban J connectivity index is 1.62. The fourth-order valence-electron chi connectivity index (χ4n) is 2.69. The third-order valence-electron chi connectivity index (χ3n) is 3.88. The average molecular weight is 331 g/mol. The van der Waals surface area contributed by atoms with Gasteiger partial charge in [0.05, 0.1) is 20.3 Å². The van der Waals surface area contributed by atoms with Crippen LogP contribution in [0.5, 0.6) is 23.0 Å². The van der Waals surface area contributed by atoms with Gasteiger partial charge in [0.15, 0.2) is 11.5 Å². The van der Waals surface area contributed by atoms with Crippen molar-refractivity contribution in [2.24, 2.45) is 0 Å². The number of rotatable bonds is 7. The van der Waals surface area contributed by atoms with Gasteiger partial charge in [0, 0.05) is 18.7 Å². The Morgan fingerprint density at radius 1 is 1.12 bits per heavy atom. The molecule has 0 bridgehead atoms. The summed E-state index contributed by atoms with van der Waals surface area (Å²) in [5, 5.41) is 13.6. The largest absolute Gasteiger partial charge is 0.496 e. The van der Waals surface area contributed by atoms with Crippen molar-refractivity contribution in [3.8, 4) is 23.0 Å². The molecule has 1 heterocycles. The molecule has 0 unspecified atom stereocenters. The summed E-state index contributed by atoms with van der Waals surface area (Å²) in [5.74, 6) is 2.63. The second-order valence-corrected chi connectivity index (χ2v) is 5.42. The van der Waals surface area contributed by atoms with Crippen molar-refractivity contribution in [3.63, 3.8) is 0 Å². The van der Waals surface area contributed by atoms with Gasteiger partial charge in [-0.25, -0.2) is 0 Å². The lowest BCUT2D eigenvalue weighted by atomic mass is 10.1. The maximum Gasteiger partial charge on any atom is 0.231 e. The Hall–Kier alpha value is -2.44. The number of ether oxygens (including phenoxy) is 4. The fourth-order valence-corrected chi connectivity index (χ4v) is 2.69. The number of aliphatic hydroxyl groups excluding tert-OH is 1. The van der Waals surface area contributed by atoms with Crippen LogP contribution in [0.2, 0.25) is 0 Å². The summed E-state index contributed by atoms with van der Waals surface area (Å²) in [6.07, 6.45) is -0.656. The first-order valence-corrected chi connectivity index (χ1v) is 7.71. The van der Waals surface area contributed by atoms with E-state index in [1.54, 1.807) is 14.2 Å². The molecule has 1 atom stereocenters. The fraction of sp³-hybridized carbons (Fsp3) is 0.333. The molecule has 2 aromatic carbocycles. The molecule has 0 saturated heterocycles. The molecule has 0 spiro atoms. The number of para-hydroxylation sites is 1. The molecule has 6 heteroatoms. The smallest absolute Gasteiger partial charge is 0.231 e. The number of aliphatic hydroxyl groups is 1. The van der Waals surface area contributed by atoms with Crippen molar-refractivity contribution in [2.45, 2.75) is 12.6 Å². The number of methoxy groups -OCH3 is 2. The third-order valence-corrected chi connectivity index (χ3v) is 3.88. The molecule has 0 aromatic heterocycles. The lowest BCUT2D eigenvalue weighted by Crippen LogP contribution is -2.21. The van der Waals surface area contributed by atoms with Crippen LogP contribution in [0, 0.1) is 0 Å². The van der Waals surface area contributed by atoms with Crippen LogP contribution in [-0.4, -0.2) is 32.7 Å². The highest BCUT2D eigenvalue weighted by molar-refractivity contribution is 5.55. The Bertz CT molecular complexity index is 704. The van der Waals surface area contributed by atoms with Crippen molar-refractivity contribution in [1.29, 1.82) is 0 Å². The number of benzene rings is 2. The van der Waals surface area contributed by atoms with Gasteiger partial charge in [0.2, 0.25) is 12.5 Å². The van der Waals surface area contributed by atoms with E-state index in [-0.39, 0.29) is 6.79 Å². The standard InChI is InChI=1S/C18H21NO5/c1-21-15-6-4-3-5-13(15)14(20)10-19-9-12-7-16(22-2)18-17(8-12)23-11-24-18/h3-8,14,19-20H,9-11H2,1-2H3/t14-/m0/s1. The van der Waals surface area contributed by atoms with Gasteiger partial charge in [-0.05, 0) is 23.8 Å². The Morgan fingerprint density at radius 3 is 2.71 bits per heavy atom. The first kappa shape index (κ1) is 16.4. The van der Waals surface area contributed by atoms with Crippen molar-refractivity contribution in [3.05, 3.63) is 47.5 Å². The zero-order valence-electron chi connectivity index (χ0n) is 13.7.